The van der Waals surface area contributed by atoms with E-state index in [1.54, 1.807) is 0 Å². The van der Waals surface area contributed by atoms with Crippen LogP contribution in [0.1, 0.15) is 24.0 Å². The van der Waals surface area contributed by atoms with Crippen LogP contribution in [0.2, 0.25) is 0 Å². The maximum Gasteiger partial charge on any atom is 0.122 e. The Balaban J connectivity index is 1.86. The summed E-state index contributed by atoms with van der Waals surface area (Å²) in [5.74, 6) is 1.07. The molecule has 1 heterocycles. The Morgan fingerprint density at radius 1 is 1.33 bits per heavy atom. The molecule has 0 aromatic heterocycles. The second-order valence-electron chi connectivity index (χ2n) is 5.02. The van der Waals surface area contributed by atoms with Crippen molar-refractivity contribution in [1.29, 1.82) is 0 Å². The van der Waals surface area contributed by atoms with Gasteiger partial charge in [0.25, 0.3) is 0 Å². The number of likely N-dealkylation sites (N-methyl/N-ethyl adjacent to an activating group) is 1. The summed E-state index contributed by atoms with van der Waals surface area (Å²) >= 11 is 0. The van der Waals surface area contributed by atoms with Gasteiger partial charge in [0.05, 0.1) is 6.61 Å². The number of hydrogen-bond donors (Lipinski definition) is 1. The summed E-state index contributed by atoms with van der Waals surface area (Å²) in [5, 5.41) is 8.79. The molecule has 0 amide bonds. The highest BCUT2D eigenvalue weighted by atomic mass is 16.5. The van der Waals surface area contributed by atoms with Gasteiger partial charge < -0.3 is 14.7 Å². The summed E-state index contributed by atoms with van der Waals surface area (Å²) in [7, 11) is 2.11. The number of aryl methyl sites for hydroxylation is 1. The van der Waals surface area contributed by atoms with Gasteiger partial charge in [-0.25, -0.2) is 0 Å². The molecule has 1 aromatic carbocycles. The molecule has 0 saturated carbocycles. The molecule has 0 saturated heterocycles. The van der Waals surface area contributed by atoms with Gasteiger partial charge in [0.15, 0.2) is 0 Å². The van der Waals surface area contributed by atoms with Gasteiger partial charge in [-0.2, -0.15) is 0 Å². The van der Waals surface area contributed by atoms with Crippen molar-refractivity contribution in [2.45, 2.75) is 25.7 Å². The monoisotopic (exact) mass is 249 g/mol. The van der Waals surface area contributed by atoms with Gasteiger partial charge in [-0.05, 0) is 49.9 Å². The average Bonchev–Trinajstić information content (AvgIpc) is 2.42. The van der Waals surface area contributed by atoms with Crippen LogP contribution in [0.5, 0.6) is 5.75 Å². The first-order valence-electron chi connectivity index (χ1n) is 6.83. The predicted molar refractivity (Wildman–Crippen MR) is 73.2 cm³/mol. The van der Waals surface area contributed by atoms with Gasteiger partial charge in [-0.15, -0.1) is 0 Å². The Bertz CT molecular complexity index is 379. The highest BCUT2D eigenvalue weighted by Crippen LogP contribution is 2.25. The lowest BCUT2D eigenvalue weighted by Gasteiger charge is -2.19. The molecule has 0 radical (unpaired) electrons. The summed E-state index contributed by atoms with van der Waals surface area (Å²) in [6.45, 7) is 3.14. The van der Waals surface area contributed by atoms with Crippen LogP contribution in [0, 0.1) is 0 Å². The molecule has 0 aliphatic carbocycles. The third kappa shape index (κ3) is 3.72. The molecule has 3 heteroatoms. The van der Waals surface area contributed by atoms with E-state index < -0.39 is 0 Å². The normalized spacial score (nSPS) is 14.4. The van der Waals surface area contributed by atoms with E-state index in [0.717, 1.165) is 51.1 Å². The molecule has 18 heavy (non-hydrogen) atoms. The number of rotatable bonds is 6. The third-order valence-corrected chi connectivity index (χ3v) is 3.45. The molecule has 1 aromatic rings. The van der Waals surface area contributed by atoms with E-state index in [2.05, 4.69) is 30.1 Å². The van der Waals surface area contributed by atoms with Crippen LogP contribution in [0.15, 0.2) is 18.2 Å². The van der Waals surface area contributed by atoms with E-state index >= 15 is 0 Å². The molecule has 0 unspecified atom stereocenters. The van der Waals surface area contributed by atoms with Crippen LogP contribution in [-0.4, -0.2) is 43.4 Å². The minimum atomic E-state index is 0.278. The molecule has 1 aliphatic heterocycles. The van der Waals surface area contributed by atoms with Crippen molar-refractivity contribution in [3.05, 3.63) is 29.3 Å². The number of hydrogen-bond acceptors (Lipinski definition) is 3. The molecule has 1 N–H and O–H groups in total. The Kier molecular flexibility index (Phi) is 5.02. The number of fused-ring (bicyclic) bond motifs is 1. The molecular weight excluding hydrogens is 226 g/mol. The quantitative estimate of drug-likeness (QED) is 0.835. The van der Waals surface area contributed by atoms with Crippen LogP contribution in [0.3, 0.4) is 0 Å². The highest BCUT2D eigenvalue weighted by Gasteiger charge is 2.10. The summed E-state index contributed by atoms with van der Waals surface area (Å²) < 4.78 is 5.62. The number of ether oxygens (including phenoxy) is 1. The zero-order valence-corrected chi connectivity index (χ0v) is 11.2. The summed E-state index contributed by atoms with van der Waals surface area (Å²) in [4.78, 5) is 2.27. The SMILES string of the molecule is CN(CCCO)CCc1ccc2c(c1)CCCO2. The number of nitrogens with zero attached hydrogens (tertiary/aromatic N) is 1. The van der Waals surface area contributed by atoms with Gasteiger partial charge in [-0.3, -0.25) is 0 Å². The maximum atomic E-state index is 8.79. The molecule has 1 aliphatic rings. The van der Waals surface area contributed by atoms with E-state index in [1.807, 2.05) is 0 Å². The van der Waals surface area contributed by atoms with Crippen molar-refractivity contribution < 1.29 is 9.84 Å². The fourth-order valence-corrected chi connectivity index (χ4v) is 2.34. The van der Waals surface area contributed by atoms with E-state index in [4.69, 9.17) is 9.84 Å². The Morgan fingerprint density at radius 2 is 2.22 bits per heavy atom. The highest BCUT2D eigenvalue weighted by molar-refractivity contribution is 5.38. The molecular formula is C15H23NO2. The molecule has 100 valence electrons. The van der Waals surface area contributed by atoms with Crippen molar-refractivity contribution in [1.82, 2.24) is 4.90 Å². The van der Waals surface area contributed by atoms with Crippen molar-refractivity contribution >= 4 is 0 Å². The Morgan fingerprint density at radius 3 is 3.06 bits per heavy atom. The van der Waals surface area contributed by atoms with E-state index in [-0.39, 0.29) is 6.61 Å². The number of benzene rings is 1. The van der Waals surface area contributed by atoms with Gasteiger partial charge in [0.2, 0.25) is 0 Å². The molecule has 0 atom stereocenters. The summed E-state index contributed by atoms with van der Waals surface area (Å²) in [6.07, 6.45) is 4.19. The van der Waals surface area contributed by atoms with Crippen LogP contribution in [0.25, 0.3) is 0 Å². The molecule has 0 bridgehead atoms. The van der Waals surface area contributed by atoms with Crippen LogP contribution >= 0.6 is 0 Å². The van der Waals surface area contributed by atoms with Crippen LogP contribution in [-0.2, 0) is 12.8 Å². The predicted octanol–water partition coefficient (Wildman–Crippen LogP) is 1.87. The first kappa shape index (κ1) is 13.4. The largest absolute Gasteiger partial charge is 0.493 e. The second-order valence-corrected chi connectivity index (χ2v) is 5.02. The van der Waals surface area contributed by atoms with E-state index in [9.17, 15) is 0 Å². The zero-order valence-electron chi connectivity index (χ0n) is 11.2. The lowest BCUT2D eigenvalue weighted by atomic mass is 10.0. The van der Waals surface area contributed by atoms with Crippen molar-refractivity contribution in [3.63, 3.8) is 0 Å². The standard InChI is InChI=1S/C15H23NO2/c1-16(8-3-10-17)9-7-13-5-6-15-14(12-13)4-2-11-18-15/h5-6,12,17H,2-4,7-11H2,1H3. The van der Waals surface area contributed by atoms with Gasteiger partial charge in [0, 0.05) is 19.7 Å². The first-order chi connectivity index (χ1) is 8.79. The number of aliphatic hydroxyl groups excluding tert-OH is 1. The van der Waals surface area contributed by atoms with Gasteiger partial charge in [0.1, 0.15) is 5.75 Å². The second kappa shape index (κ2) is 6.76. The smallest absolute Gasteiger partial charge is 0.122 e. The van der Waals surface area contributed by atoms with Crippen LogP contribution in [0.4, 0.5) is 0 Å². The van der Waals surface area contributed by atoms with Gasteiger partial charge in [-0.1, -0.05) is 12.1 Å². The summed E-state index contributed by atoms with van der Waals surface area (Å²) in [5.41, 5.74) is 2.74. The molecule has 0 fully saturated rings. The molecule has 3 nitrogen and oxygen atoms in total. The first-order valence-corrected chi connectivity index (χ1v) is 6.83. The Labute approximate surface area is 109 Å². The topological polar surface area (TPSA) is 32.7 Å². The fraction of sp³-hybridized carbons (Fsp3) is 0.600. The summed E-state index contributed by atoms with van der Waals surface area (Å²) in [6, 6.07) is 6.57. The van der Waals surface area contributed by atoms with E-state index in [0.29, 0.717) is 0 Å². The minimum absolute atomic E-state index is 0.278. The van der Waals surface area contributed by atoms with Crippen molar-refractivity contribution in [2.75, 3.05) is 33.4 Å². The molecule has 2 rings (SSSR count). The van der Waals surface area contributed by atoms with Crippen LogP contribution < -0.4 is 4.74 Å². The third-order valence-electron chi connectivity index (χ3n) is 3.45. The average molecular weight is 249 g/mol. The van der Waals surface area contributed by atoms with Crippen molar-refractivity contribution in [3.8, 4) is 5.75 Å². The Hall–Kier alpha value is -1.06. The zero-order chi connectivity index (χ0) is 12.8. The lowest BCUT2D eigenvalue weighted by Crippen LogP contribution is -2.23. The maximum absolute atomic E-state index is 8.79. The fourth-order valence-electron chi connectivity index (χ4n) is 2.34. The van der Waals surface area contributed by atoms with E-state index in [1.165, 1.54) is 11.1 Å². The minimum Gasteiger partial charge on any atom is -0.493 e. The lowest BCUT2D eigenvalue weighted by molar-refractivity contribution is 0.248. The number of aliphatic hydroxyl groups is 1. The van der Waals surface area contributed by atoms with Crippen molar-refractivity contribution in [2.24, 2.45) is 0 Å². The van der Waals surface area contributed by atoms with Gasteiger partial charge >= 0.3 is 0 Å². The molecule has 0 spiro atoms.